The molecule has 0 aromatic heterocycles. The lowest BCUT2D eigenvalue weighted by Gasteiger charge is -2.35. The summed E-state index contributed by atoms with van der Waals surface area (Å²) in [7, 11) is 0. The van der Waals surface area contributed by atoms with Crippen LogP contribution < -0.4 is 5.32 Å². The molecule has 1 aliphatic rings. The van der Waals surface area contributed by atoms with Gasteiger partial charge in [-0.05, 0) is 42.5 Å². The highest BCUT2D eigenvalue weighted by Crippen LogP contribution is 2.21. The Balaban J connectivity index is 1.75. The van der Waals surface area contributed by atoms with Gasteiger partial charge in [0.05, 0.1) is 0 Å². The van der Waals surface area contributed by atoms with Gasteiger partial charge in [-0.25, -0.2) is 0 Å². The summed E-state index contributed by atoms with van der Waals surface area (Å²) in [6.07, 6.45) is 3.77. The van der Waals surface area contributed by atoms with Crippen LogP contribution in [0.25, 0.3) is 0 Å². The van der Waals surface area contributed by atoms with Gasteiger partial charge in [-0.2, -0.15) is 0 Å². The predicted octanol–water partition coefficient (Wildman–Crippen LogP) is 4.32. The highest BCUT2D eigenvalue weighted by atomic mass is 16.2. The normalized spacial score (nSPS) is 15.9. The molecule has 5 nitrogen and oxygen atoms in total. The molecular weight excluding hydrogens is 374 g/mol. The zero-order chi connectivity index (χ0) is 22.4. The quantitative estimate of drug-likeness (QED) is 0.675. The predicted molar refractivity (Wildman–Crippen MR) is 123 cm³/mol. The molecule has 0 unspecified atom stereocenters. The number of hydrogen-bond donors (Lipinski definition) is 1. The molecular formula is C25H41N3O2. The molecule has 2 amide bonds. The van der Waals surface area contributed by atoms with Crippen molar-refractivity contribution in [3.63, 3.8) is 0 Å². The first-order chi connectivity index (χ1) is 14.0. The molecule has 168 valence electrons. The third-order valence-corrected chi connectivity index (χ3v) is 5.65. The van der Waals surface area contributed by atoms with Crippen LogP contribution in [0.1, 0.15) is 76.7 Å². The van der Waals surface area contributed by atoms with Gasteiger partial charge in [-0.15, -0.1) is 0 Å². The Bertz CT molecular complexity index is 691. The van der Waals surface area contributed by atoms with Crippen molar-refractivity contribution in [1.82, 2.24) is 15.1 Å². The smallest absolute Gasteiger partial charge is 0.253 e. The van der Waals surface area contributed by atoms with E-state index in [1.54, 1.807) is 0 Å². The van der Waals surface area contributed by atoms with Crippen LogP contribution in [-0.4, -0.2) is 54.3 Å². The molecule has 0 bridgehead atoms. The van der Waals surface area contributed by atoms with E-state index in [9.17, 15) is 9.59 Å². The van der Waals surface area contributed by atoms with E-state index in [2.05, 4.69) is 31.0 Å². The van der Waals surface area contributed by atoms with Crippen LogP contribution >= 0.6 is 0 Å². The molecule has 0 spiro atoms. The van der Waals surface area contributed by atoms with Crippen molar-refractivity contribution in [2.75, 3.05) is 32.7 Å². The summed E-state index contributed by atoms with van der Waals surface area (Å²) >= 11 is 0. The summed E-state index contributed by atoms with van der Waals surface area (Å²) in [6, 6.07) is 7.61. The average Bonchev–Trinajstić information content (AvgIpc) is 2.68. The van der Waals surface area contributed by atoms with Crippen molar-refractivity contribution >= 4 is 11.8 Å². The van der Waals surface area contributed by atoms with Gasteiger partial charge in [0.1, 0.15) is 0 Å². The second-order valence-electron chi connectivity index (χ2n) is 10.8. The maximum atomic E-state index is 12.8. The van der Waals surface area contributed by atoms with Gasteiger partial charge >= 0.3 is 0 Å². The highest BCUT2D eigenvalue weighted by molar-refractivity contribution is 5.94. The zero-order valence-corrected chi connectivity index (χ0v) is 19.9. The highest BCUT2D eigenvalue weighted by Gasteiger charge is 2.23. The third kappa shape index (κ3) is 8.10. The van der Waals surface area contributed by atoms with Crippen LogP contribution in [0.2, 0.25) is 0 Å². The second-order valence-corrected chi connectivity index (χ2v) is 10.8. The molecule has 0 saturated carbocycles. The van der Waals surface area contributed by atoms with Crippen LogP contribution in [0, 0.1) is 10.8 Å². The number of rotatable bonds is 7. The molecule has 1 saturated heterocycles. The number of piperazine rings is 1. The van der Waals surface area contributed by atoms with Gasteiger partial charge in [0, 0.05) is 43.7 Å². The lowest BCUT2D eigenvalue weighted by Crippen LogP contribution is -2.48. The zero-order valence-electron chi connectivity index (χ0n) is 19.9. The molecule has 1 aromatic carbocycles. The van der Waals surface area contributed by atoms with Crippen molar-refractivity contribution in [3.8, 4) is 0 Å². The average molecular weight is 416 g/mol. The second kappa shape index (κ2) is 10.4. The maximum Gasteiger partial charge on any atom is 0.253 e. The van der Waals surface area contributed by atoms with Crippen molar-refractivity contribution in [1.29, 1.82) is 0 Å². The Morgan fingerprint density at radius 3 is 2.03 bits per heavy atom. The lowest BCUT2D eigenvalue weighted by molar-refractivity contribution is -0.128. The molecule has 1 heterocycles. The fraction of sp³-hybridized carbons (Fsp3) is 0.680. The maximum absolute atomic E-state index is 12.8. The van der Waals surface area contributed by atoms with E-state index >= 15 is 0 Å². The number of nitrogens with zero attached hydrogens (tertiary/aromatic N) is 2. The molecule has 2 rings (SSSR count). The van der Waals surface area contributed by atoms with Gasteiger partial charge in [0.15, 0.2) is 0 Å². The Hall–Kier alpha value is -1.88. The van der Waals surface area contributed by atoms with E-state index in [-0.39, 0.29) is 11.8 Å². The third-order valence-electron chi connectivity index (χ3n) is 5.65. The standard InChI is InChI=1S/C25H41N3O2/c1-24(2,3)13-7-8-14-27-15-17-28(18-16-27)22(29)21-11-9-20(10-12-21)19-26-23(30)25(4,5)6/h9-12H,7-8,13-19H2,1-6H3,(H,26,30). The number of carbonyl (C=O) groups is 2. The summed E-state index contributed by atoms with van der Waals surface area (Å²) < 4.78 is 0. The number of carbonyl (C=O) groups excluding carboxylic acids is 2. The fourth-order valence-corrected chi connectivity index (χ4v) is 3.56. The van der Waals surface area contributed by atoms with E-state index in [1.807, 2.05) is 49.9 Å². The Morgan fingerprint density at radius 1 is 0.900 bits per heavy atom. The van der Waals surface area contributed by atoms with Crippen molar-refractivity contribution in [2.45, 2.75) is 67.3 Å². The molecule has 1 N–H and O–H groups in total. The van der Waals surface area contributed by atoms with Gasteiger partial charge < -0.3 is 10.2 Å². The van der Waals surface area contributed by atoms with E-state index in [0.717, 1.165) is 43.9 Å². The van der Waals surface area contributed by atoms with Crippen LogP contribution in [0.5, 0.6) is 0 Å². The molecule has 0 atom stereocenters. The topological polar surface area (TPSA) is 52.6 Å². The van der Waals surface area contributed by atoms with E-state index < -0.39 is 5.41 Å². The molecule has 5 heteroatoms. The SMILES string of the molecule is CC(C)(C)CCCCN1CCN(C(=O)c2ccc(CNC(=O)C(C)(C)C)cc2)CC1. The number of amides is 2. The van der Waals surface area contributed by atoms with Crippen molar-refractivity contribution in [3.05, 3.63) is 35.4 Å². The lowest BCUT2D eigenvalue weighted by atomic mass is 9.90. The van der Waals surface area contributed by atoms with Gasteiger partial charge in [0.2, 0.25) is 5.91 Å². The number of unbranched alkanes of at least 4 members (excludes halogenated alkanes) is 1. The van der Waals surface area contributed by atoms with Crippen LogP contribution in [-0.2, 0) is 11.3 Å². The van der Waals surface area contributed by atoms with Crippen molar-refractivity contribution in [2.24, 2.45) is 10.8 Å². The first kappa shape index (κ1) is 24.4. The Morgan fingerprint density at radius 2 is 1.50 bits per heavy atom. The summed E-state index contributed by atoms with van der Waals surface area (Å²) in [5.41, 5.74) is 1.74. The summed E-state index contributed by atoms with van der Waals surface area (Å²) in [4.78, 5) is 29.3. The fourth-order valence-electron chi connectivity index (χ4n) is 3.56. The number of hydrogen-bond acceptors (Lipinski definition) is 3. The molecule has 30 heavy (non-hydrogen) atoms. The Kier molecular flexibility index (Phi) is 8.48. The van der Waals surface area contributed by atoms with Gasteiger partial charge in [-0.3, -0.25) is 14.5 Å². The van der Waals surface area contributed by atoms with E-state index in [0.29, 0.717) is 12.0 Å². The monoisotopic (exact) mass is 415 g/mol. The van der Waals surface area contributed by atoms with E-state index in [1.165, 1.54) is 19.3 Å². The molecule has 1 fully saturated rings. The minimum Gasteiger partial charge on any atom is -0.352 e. The van der Waals surface area contributed by atoms with Gasteiger partial charge in [-0.1, -0.05) is 60.1 Å². The summed E-state index contributed by atoms with van der Waals surface area (Å²) in [5.74, 6) is 0.131. The molecule has 0 aliphatic carbocycles. The van der Waals surface area contributed by atoms with E-state index in [4.69, 9.17) is 0 Å². The first-order valence-corrected chi connectivity index (χ1v) is 11.3. The largest absolute Gasteiger partial charge is 0.352 e. The first-order valence-electron chi connectivity index (χ1n) is 11.3. The minimum absolute atomic E-state index is 0.0268. The summed E-state index contributed by atoms with van der Waals surface area (Å²) in [5, 5.41) is 2.95. The van der Waals surface area contributed by atoms with Crippen LogP contribution in [0.15, 0.2) is 24.3 Å². The molecule has 1 aliphatic heterocycles. The number of nitrogens with one attached hydrogen (secondary N) is 1. The minimum atomic E-state index is -0.398. The molecule has 1 aromatic rings. The van der Waals surface area contributed by atoms with Crippen LogP contribution in [0.3, 0.4) is 0 Å². The van der Waals surface area contributed by atoms with Crippen molar-refractivity contribution < 1.29 is 9.59 Å². The molecule has 0 radical (unpaired) electrons. The Labute approximate surface area is 183 Å². The van der Waals surface area contributed by atoms with Gasteiger partial charge in [0.25, 0.3) is 5.91 Å². The summed E-state index contributed by atoms with van der Waals surface area (Å²) in [6.45, 7) is 17.7. The van der Waals surface area contributed by atoms with Crippen LogP contribution in [0.4, 0.5) is 0 Å². The number of benzene rings is 1.